The van der Waals surface area contributed by atoms with E-state index in [0.29, 0.717) is 25.4 Å². The van der Waals surface area contributed by atoms with E-state index in [-0.39, 0.29) is 17.9 Å². The van der Waals surface area contributed by atoms with Gasteiger partial charge in [0.05, 0.1) is 0 Å². The lowest BCUT2D eigenvalue weighted by Gasteiger charge is -2.42. The zero-order chi connectivity index (χ0) is 14.0. The molecule has 0 spiro atoms. The van der Waals surface area contributed by atoms with Crippen molar-refractivity contribution in [3.8, 4) is 0 Å². The summed E-state index contributed by atoms with van der Waals surface area (Å²) in [6.07, 6.45) is 2.11. The van der Waals surface area contributed by atoms with Gasteiger partial charge in [0.1, 0.15) is 6.04 Å². The minimum absolute atomic E-state index is 0.102. The van der Waals surface area contributed by atoms with Gasteiger partial charge < -0.3 is 21.3 Å². The molecular weight excluding hydrogens is 248 g/mol. The highest BCUT2D eigenvalue weighted by atomic mass is 16.2. The molecule has 2 heterocycles. The highest BCUT2D eigenvalue weighted by Gasteiger charge is 2.36. The quantitative estimate of drug-likeness (QED) is 0.608. The first-order valence-corrected chi connectivity index (χ1v) is 6.61. The van der Waals surface area contributed by atoms with Gasteiger partial charge in [-0.25, -0.2) is 4.79 Å². The Bertz CT molecular complexity index is 398. The molecule has 0 saturated carbocycles. The van der Waals surface area contributed by atoms with Gasteiger partial charge in [-0.2, -0.15) is 0 Å². The first kappa shape index (κ1) is 13.6. The number of hydrogen-bond acceptors (Lipinski definition) is 3. The van der Waals surface area contributed by atoms with E-state index >= 15 is 0 Å². The van der Waals surface area contributed by atoms with E-state index in [1.807, 2.05) is 0 Å². The third kappa shape index (κ3) is 3.15. The molecule has 0 aromatic heterocycles. The highest BCUT2D eigenvalue weighted by molar-refractivity contribution is 5.86. The minimum Gasteiger partial charge on any atom is -0.353 e. The zero-order valence-corrected chi connectivity index (χ0v) is 11.0. The van der Waals surface area contributed by atoms with Crippen LogP contribution in [0.15, 0.2) is 0 Å². The molecule has 2 aliphatic heterocycles. The second-order valence-electron chi connectivity index (χ2n) is 5.28. The Hall–Kier alpha value is -1.79. The Labute approximate surface area is 111 Å². The summed E-state index contributed by atoms with van der Waals surface area (Å²) >= 11 is 0. The number of piperidine rings is 2. The molecule has 2 saturated heterocycles. The Balaban J connectivity index is 1.91. The summed E-state index contributed by atoms with van der Waals surface area (Å²) in [5, 5.41) is 5.37. The van der Waals surface area contributed by atoms with E-state index in [1.54, 1.807) is 11.8 Å². The summed E-state index contributed by atoms with van der Waals surface area (Å²) in [6, 6.07) is -1.11. The molecule has 0 bridgehead atoms. The van der Waals surface area contributed by atoms with Crippen LogP contribution in [0.5, 0.6) is 0 Å². The number of urea groups is 1. The van der Waals surface area contributed by atoms with Gasteiger partial charge in [0.2, 0.25) is 11.8 Å². The van der Waals surface area contributed by atoms with Crippen LogP contribution in [0.25, 0.3) is 0 Å². The van der Waals surface area contributed by atoms with Crippen LogP contribution >= 0.6 is 0 Å². The molecule has 2 aliphatic rings. The molecule has 7 nitrogen and oxygen atoms in total. The van der Waals surface area contributed by atoms with Crippen molar-refractivity contribution < 1.29 is 14.4 Å². The van der Waals surface area contributed by atoms with Crippen LogP contribution in [0.3, 0.4) is 0 Å². The number of carbonyl (C=O) groups is 3. The molecule has 0 aliphatic carbocycles. The molecule has 0 radical (unpaired) electrons. The molecule has 2 fully saturated rings. The first-order chi connectivity index (χ1) is 8.97. The van der Waals surface area contributed by atoms with E-state index in [2.05, 4.69) is 10.6 Å². The largest absolute Gasteiger partial charge is 0.353 e. The van der Waals surface area contributed by atoms with Crippen molar-refractivity contribution in [3.63, 3.8) is 0 Å². The number of primary amides is 1. The molecule has 106 valence electrons. The summed E-state index contributed by atoms with van der Waals surface area (Å²) in [4.78, 5) is 36.0. The predicted octanol–water partition coefficient (Wildman–Crippen LogP) is -0.830. The summed E-state index contributed by atoms with van der Waals surface area (Å²) in [5.74, 6) is 0.301. The van der Waals surface area contributed by atoms with Gasteiger partial charge in [-0.1, -0.05) is 0 Å². The molecule has 0 aromatic carbocycles. The molecule has 0 aromatic rings. The van der Waals surface area contributed by atoms with E-state index in [9.17, 15) is 14.4 Å². The van der Waals surface area contributed by atoms with Crippen LogP contribution < -0.4 is 16.4 Å². The lowest BCUT2D eigenvalue weighted by molar-refractivity contribution is -0.136. The second-order valence-corrected chi connectivity index (χ2v) is 5.28. The number of likely N-dealkylation sites (tertiary alicyclic amines) is 1. The van der Waals surface area contributed by atoms with Gasteiger partial charge >= 0.3 is 6.03 Å². The minimum atomic E-state index is -0.694. The van der Waals surface area contributed by atoms with E-state index in [0.717, 1.165) is 12.8 Å². The Morgan fingerprint density at radius 3 is 2.89 bits per heavy atom. The maximum atomic E-state index is 12.1. The number of carbonyl (C=O) groups excluding carboxylic acids is 3. The average molecular weight is 268 g/mol. The van der Waals surface area contributed by atoms with Crippen molar-refractivity contribution in [3.05, 3.63) is 0 Å². The Morgan fingerprint density at radius 2 is 2.21 bits per heavy atom. The second kappa shape index (κ2) is 5.46. The average Bonchev–Trinajstić information content (AvgIpc) is 2.36. The van der Waals surface area contributed by atoms with Gasteiger partial charge in [0.25, 0.3) is 0 Å². The lowest BCUT2D eigenvalue weighted by atomic mass is 9.85. The van der Waals surface area contributed by atoms with Gasteiger partial charge in [-0.15, -0.1) is 0 Å². The Morgan fingerprint density at radius 1 is 1.47 bits per heavy atom. The van der Waals surface area contributed by atoms with Gasteiger partial charge in [0, 0.05) is 25.6 Å². The van der Waals surface area contributed by atoms with Gasteiger partial charge in [-0.3, -0.25) is 9.59 Å². The maximum Gasteiger partial charge on any atom is 0.312 e. The fourth-order valence-corrected chi connectivity index (χ4v) is 2.86. The molecule has 19 heavy (non-hydrogen) atoms. The Kier molecular flexibility index (Phi) is 3.92. The summed E-state index contributed by atoms with van der Waals surface area (Å²) in [5.41, 5.74) is 5.01. The smallest absolute Gasteiger partial charge is 0.312 e. The number of nitrogens with one attached hydrogen (secondary N) is 2. The van der Waals surface area contributed by atoms with Crippen LogP contribution in [-0.4, -0.2) is 47.9 Å². The summed E-state index contributed by atoms with van der Waals surface area (Å²) < 4.78 is 0. The number of amides is 4. The maximum absolute atomic E-state index is 12.1. The van der Waals surface area contributed by atoms with E-state index in [1.165, 1.54) is 0 Å². The zero-order valence-electron chi connectivity index (χ0n) is 11.0. The third-order valence-electron chi connectivity index (χ3n) is 3.86. The molecule has 4 N–H and O–H groups in total. The van der Waals surface area contributed by atoms with Crippen LogP contribution in [0.2, 0.25) is 0 Å². The SMILES string of the molecule is CC(NC(N)=O)C(=O)N1CCC2NC(=O)CCC2C1. The molecule has 7 heteroatoms. The highest BCUT2D eigenvalue weighted by Crippen LogP contribution is 2.25. The number of hydrogen-bond donors (Lipinski definition) is 3. The van der Waals surface area contributed by atoms with Crippen LogP contribution in [0, 0.1) is 5.92 Å². The first-order valence-electron chi connectivity index (χ1n) is 6.61. The van der Waals surface area contributed by atoms with Crippen molar-refractivity contribution in [1.29, 1.82) is 0 Å². The van der Waals surface area contributed by atoms with Crippen molar-refractivity contribution in [2.24, 2.45) is 11.7 Å². The van der Waals surface area contributed by atoms with Crippen molar-refractivity contribution in [2.45, 2.75) is 38.3 Å². The predicted molar refractivity (Wildman–Crippen MR) is 68.0 cm³/mol. The van der Waals surface area contributed by atoms with E-state index < -0.39 is 12.1 Å². The number of nitrogens with zero attached hydrogens (tertiary/aromatic N) is 1. The fraction of sp³-hybridized carbons (Fsp3) is 0.750. The molecule has 3 atom stereocenters. The topological polar surface area (TPSA) is 105 Å². The van der Waals surface area contributed by atoms with Crippen molar-refractivity contribution >= 4 is 17.8 Å². The van der Waals surface area contributed by atoms with Crippen molar-refractivity contribution in [1.82, 2.24) is 15.5 Å². The molecule has 4 amide bonds. The molecule has 3 unspecified atom stereocenters. The van der Waals surface area contributed by atoms with Crippen molar-refractivity contribution in [2.75, 3.05) is 13.1 Å². The standard InChI is InChI=1S/C12H20N4O3/c1-7(14-12(13)19)11(18)16-5-4-9-8(6-16)2-3-10(17)15-9/h7-9H,2-6H2,1H3,(H,15,17)(H3,13,14,19). The lowest BCUT2D eigenvalue weighted by Crippen LogP contribution is -2.58. The number of nitrogens with two attached hydrogens (primary N) is 1. The normalized spacial score (nSPS) is 28.1. The van der Waals surface area contributed by atoms with Gasteiger partial charge in [0.15, 0.2) is 0 Å². The van der Waals surface area contributed by atoms with Crippen LogP contribution in [0.4, 0.5) is 4.79 Å². The number of rotatable bonds is 2. The van der Waals surface area contributed by atoms with Crippen LogP contribution in [0.1, 0.15) is 26.2 Å². The summed E-state index contributed by atoms with van der Waals surface area (Å²) in [6.45, 7) is 2.86. The van der Waals surface area contributed by atoms with Crippen LogP contribution in [-0.2, 0) is 9.59 Å². The van der Waals surface area contributed by atoms with E-state index in [4.69, 9.17) is 5.73 Å². The molecular formula is C12H20N4O3. The summed E-state index contributed by atoms with van der Waals surface area (Å²) in [7, 11) is 0. The number of fused-ring (bicyclic) bond motifs is 1. The fourth-order valence-electron chi connectivity index (χ4n) is 2.86. The third-order valence-corrected chi connectivity index (χ3v) is 3.86. The molecule has 2 rings (SSSR count). The monoisotopic (exact) mass is 268 g/mol. The van der Waals surface area contributed by atoms with Gasteiger partial charge in [-0.05, 0) is 25.7 Å².